The number of nitrogens with zero attached hydrogens (tertiary/aromatic N) is 5. The Balaban J connectivity index is 1.62. The van der Waals surface area contributed by atoms with Crippen molar-refractivity contribution < 1.29 is 27.5 Å². The van der Waals surface area contributed by atoms with E-state index < -0.39 is 33.5 Å². The van der Waals surface area contributed by atoms with E-state index in [1.807, 2.05) is 18.7 Å². The van der Waals surface area contributed by atoms with Gasteiger partial charge in [-0.05, 0) is 72.1 Å². The van der Waals surface area contributed by atoms with Crippen LogP contribution in [0.15, 0.2) is 29.3 Å². The molecule has 3 amide bonds. The van der Waals surface area contributed by atoms with Gasteiger partial charge in [-0.2, -0.15) is 4.98 Å². The molecule has 4 rings (SSSR count). The molecule has 1 saturated heterocycles. The first-order valence-corrected chi connectivity index (χ1v) is 15.8. The second-order valence-electron chi connectivity index (χ2n) is 11.9. The average Bonchev–Trinajstić information content (AvgIpc) is 2.89. The molecular weight excluding hydrogens is 562 g/mol. The molecule has 2 aliphatic heterocycles. The number of benzene rings is 1. The molecule has 1 atom stereocenters. The van der Waals surface area contributed by atoms with Crippen LogP contribution >= 0.6 is 0 Å². The fourth-order valence-corrected chi connectivity index (χ4v) is 5.50. The molecule has 0 bridgehead atoms. The van der Waals surface area contributed by atoms with Crippen LogP contribution < -0.4 is 20.4 Å². The summed E-state index contributed by atoms with van der Waals surface area (Å²) in [6.45, 7) is 9.75. The lowest BCUT2D eigenvalue weighted by Gasteiger charge is -2.36. The highest BCUT2D eigenvalue weighted by Crippen LogP contribution is 2.33. The van der Waals surface area contributed by atoms with Gasteiger partial charge in [0.1, 0.15) is 17.3 Å². The normalized spacial score (nSPS) is 17.7. The summed E-state index contributed by atoms with van der Waals surface area (Å²) in [5.41, 5.74) is 0.408. The number of amides is 3. The van der Waals surface area contributed by atoms with Gasteiger partial charge < -0.3 is 25.2 Å². The van der Waals surface area contributed by atoms with Gasteiger partial charge in [0, 0.05) is 37.3 Å². The summed E-state index contributed by atoms with van der Waals surface area (Å²) < 4.78 is 30.6. The molecule has 0 saturated carbocycles. The molecule has 3 heterocycles. The first-order valence-electron chi connectivity index (χ1n) is 13.9. The number of hydrogen-bond acceptors (Lipinski definition) is 10. The lowest BCUT2D eigenvalue weighted by atomic mass is 10.0. The van der Waals surface area contributed by atoms with Gasteiger partial charge in [-0.1, -0.05) is 0 Å². The molecule has 1 fully saturated rings. The topological polar surface area (TPSA) is 154 Å². The van der Waals surface area contributed by atoms with Crippen LogP contribution in [0.1, 0.15) is 53.9 Å². The minimum atomic E-state index is -3.66. The van der Waals surface area contributed by atoms with Crippen molar-refractivity contribution in [1.82, 2.24) is 14.9 Å². The molecule has 2 N–H and O–H groups in total. The Morgan fingerprint density at radius 3 is 2.45 bits per heavy atom. The van der Waals surface area contributed by atoms with Crippen LogP contribution in [-0.4, -0.2) is 85.3 Å². The third-order valence-electron chi connectivity index (χ3n) is 6.98. The molecule has 228 valence electrons. The van der Waals surface area contributed by atoms with Crippen LogP contribution in [0.3, 0.4) is 0 Å². The number of sulfone groups is 1. The quantitative estimate of drug-likeness (QED) is 0.502. The largest absolute Gasteiger partial charge is 0.444 e. The van der Waals surface area contributed by atoms with E-state index in [-0.39, 0.29) is 35.0 Å². The number of nitrogens with one attached hydrogen (secondary N) is 2. The van der Waals surface area contributed by atoms with Gasteiger partial charge in [0.05, 0.1) is 17.6 Å². The van der Waals surface area contributed by atoms with Gasteiger partial charge in [0.2, 0.25) is 17.8 Å². The van der Waals surface area contributed by atoms with Gasteiger partial charge in [-0.25, -0.2) is 18.2 Å². The third kappa shape index (κ3) is 7.09. The molecule has 1 unspecified atom stereocenters. The SMILES string of the molecule is CC(C)N1CC(=O)N(C)c2cnc(Nc3cc(NC(=O)C4CCCCN4C(=O)OC(C)(C)C)cc(S(C)(=O)=O)c3)nc21. The minimum Gasteiger partial charge on any atom is -0.444 e. The van der Waals surface area contributed by atoms with Crippen LogP contribution in [0, 0.1) is 0 Å². The van der Waals surface area contributed by atoms with Crippen molar-refractivity contribution in [3.8, 4) is 0 Å². The predicted molar refractivity (Wildman–Crippen MR) is 160 cm³/mol. The number of anilines is 5. The van der Waals surface area contributed by atoms with E-state index in [2.05, 4.69) is 20.6 Å². The van der Waals surface area contributed by atoms with E-state index in [0.717, 1.165) is 19.1 Å². The highest BCUT2D eigenvalue weighted by atomic mass is 32.2. The zero-order valence-corrected chi connectivity index (χ0v) is 25.9. The zero-order valence-electron chi connectivity index (χ0n) is 25.1. The Hall–Kier alpha value is -3.94. The number of carbonyl (C=O) groups excluding carboxylic acids is 3. The Morgan fingerprint density at radius 1 is 1.12 bits per heavy atom. The van der Waals surface area contributed by atoms with Gasteiger partial charge in [-0.3, -0.25) is 14.5 Å². The monoisotopic (exact) mass is 601 g/mol. The smallest absolute Gasteiger partial charge is 0.410 e. The number of ether oxygens (including phenoxy) is 1. The Labute approximate surface area is 246 Å². The lowest BCUT2D eigenvalue weighted by Crippen LogP contribution is -2.51. The van der Waals surface area contributed by atoms with E-state index in [1.165, 1.54) is 28.1 Å². The fourth-order valence-electron chi connectivity index (χ4n) is 4.82. The van der Waals surface area contributed by atoms with Gasteiger partial charge in [-0.15, -0.1) is 0 Å². The van der Waals surface area contributed by atoms with Crippen LogP contribution in [0.5, 0.6) is 0 Å². The highest BCUT2D eigenvalue weighted by molar-refractivity contribution is 7.90. The van der Waals surface area contributed by atoms with Crippen molar-refractivity contribution in [2.24, 2.45) is 0 Å². The van der Waals surface area contributed by atoms with Crippen LogP contribution in [0.2, 0.25) is 0 Å². The number of likely N-dealkylation sites (N-methyl/N-ethyl adjacent to an activating group) is 1. The minimum absolute atomic E-state index is 0.000407. The molecule has 42 heavy (non-hydrogen) atoms. The summed E-state index contributed by atoms with van der Waals surface area (Å²) in [6.07, 6.45) is 4.01. The van der Waals surface area contributed by atoms with Crippen LogP contribution in [0.4, 0.5) is 33.6 Å². The first-order chi connectivity index (χ1) is 19.5. The zero-order chi connectivity index (χ0) is 31.0. The molecule has 0 aliphatic carbocycles. The van der Waals surface area contributed by atoms with Crippen molar-refractivity contribution in [1.29, 1.82) is 0 Å². The van der Waals surface area contributed by atoms with E-state index in [9.17, 15) is 22.8 Å². The Kier molecular flexibility index (Phi) is 8.67. The molecule has 2 aliphatic rings. The van der Waals surface area contributed by atoms with Crippen molar-refractivity contribution in [3.63, 3.8) is 0 Å². The van der Waals surface area contributed by atoms with E-state index >= 15 is 0 Å². The molecule has 14 heteroatoms. The maximum Gasteiger partial charge on any atom is 0.410 e. The first kappa shape index (κ1) is 31.0. The second-order valence-corrected chi connectivity index (χ2v) is 13.9. The van der Waals surface area contributed by atoms with Gasteiger partial charge in [0.15, 0.2) is 15.7 Å². The summed E-state index contributed by atoms with van der Waals surface area (Å²) in [4.78, 5) is 52.4. The third-order valence-corrected chi connectivity index (χ3v) is 8.07. The molecule has 1 aromatic heterocycles. The summed E-state index contributed by atoms with van der Waals surface area (Å²) in [6, 6.07) is 3.61. The van der Waals surface area contributed by atoms with Crippen molar-refractivity contribution >= 4 is 56.6 Å². The van der Waals surface area contributed by atoms with E-state index in [0.29, 0.717) is 30.2 Å². The average molecular weight is 602 g/mol. The molecule has 2 aromatic rings. The van der Waals surface area contributed by atoms with Crippen molar-refractivity contribution in [3.05, 3.63) is 24.4 Å². The van der Waals surface area contributed by atoms with E-state index in [1.54, 1.807) is 33.9 Å². The van der Waals surface area contributed by atoms with Gasteiger partial charge >= 0.3 is 6.09 Å². The summed E-state index contributed by atoms with van der Waals surface area (Å²) in [5.74, 6) is 0.234. The maximum absolute atomic E-state index is 13.4. The maximum atomic E-state index is 13.4. The number of rotatable bonds is 6. The molecular formula is C28H39N7O6S. The Bertz CT molecular complexity index is 1490. The molecule has 0 spiro atoms. The second kappa shape index (κ2) is 11.7. The fraction of sp³-hybridized carbons (Fsp3) is 0.536. The lowest BCUT2D eigenvalue weighted by molar-refractivity contribution is -0.122. The summed E-state index contributed by atoms with van der Waals surface area (Å²) >= 11 is 0. The molecule has 0 radical (unpaired) electrons. The number of aromatic nitrogens is 2. The van der Waals surface area contributed by atoms with Crippen LogP contribution in [-0.2, 0) is 24.2 Å². The summed E-state index contributed by atoms with van der Waals surface area (Å²) in [5, 5.41) is 5.84. The van der Waals surface area contributed by atoms with Crippen LogP contribution in [0.25, 0.3) is 0 Å². The predicted octanol–water partition coefficient (Wildman–Crippen LogP) is 3.54. The van der Waals surface area contributed by atoms with Crippen molar-refractivity contribution in [2.45, 2.75) is 76.5 Å². The van der Waals surface area contributed by atoms with Crippen molar-refractivity contribution in [2.75, 3.05) is 46.8 Å². The van der Waals surface area contributed by atoms with E-state index in [4.69, 9.17) is 4.74 Å². The molecule has 1 aromatic carbocycles. The number of hydrogen-bond donors (Lipinski definition) is 2. The number of piperidine rings is 1. The highest BCUT2D eigenvalue weighted by Gasteiger charge is 2.35. The standard InChI is InChI=1S/C28H39N7O6S/c1-17(2)35-16-23(36)33(6)22-15-29-26(32-24(22)35)31-19-12-18(13-20(14-19)42(7,39)40)30-25(37)21-10-8-9-11-34(21)27(38)41-28(3,4)5/h12-15,17,21H,8-11,16H2,1-7H3,(H,30,37)(H,29,31,32). The number of likely N-dealkylation sites (tertiary alicyclic amines) is 1. The number of carbonyl (C=O) groups is 3. The number of fused-ring (bicyclic) bond motifs is 1. The summed E-state index contributed by atoms with van der Waals surface area (Å²) in [7, 11) is -2.00. The Morgan fingerprint density at radius 2 is 1.81 bits per heavy atom. The molecule has 13 nitrogen and oxygen atoms in total. The van der Waals surface area contributed by atoms with Gasteiger partial charge in [0.25, 0.3) is 0 Å².